The van der Waals surface area contributed by atoms with Gasteiger partial charge in [-0.3, -0.25) is 0 Å². The largest absolute Gasteiger partial charge is 0.353 e. The Balaban J connectivity index is 0.000000187. The summed E-state index contributed by atoms with van der Waals surface area (Å²) in [5, 5.41) is 6.91. The van der Waals surface area contributed by atoms with E-state index < -0.39 is 10.7 Å². The molecule has 0 bridgehead atoms. The first kappa shape index (κ1) is 11.7. The molecule has 0 amide bonds. The average molecular weight is 241 g/mol. The van der Waals surface area contributed by atoms with Gasteiger partial charge in [-0.1, -0.05) is 24.3 Å². The van der Waals surface area contributed by atoms with E-state index >= 15 is 0 Å². The van der Waals surface area contributed by atoms with Crippen LogP contribution in [0.5, 0.6) is 0 Å². The van der Waals surface area contributed by atoms with E-state index in [2.05, 4.69) is 5.32 Å². The first-order chi connectivity index (χ1) is 7.30. The van der Waals surface area contributed by atoms with Gasteiger partial charge in [0.05, 0.1) is 0 Å². The number of thiophene rings is 1. The van der Waals surface area contributed by atoms with Crippen LogP contribution in [-0.2, 0) is 10.7 Å². The third kappa shape index (κ3) is 5.19. The molecule has 80 valence electrons. The normalized spacial score (nSPS) is 13.5. The molecule has 0 aromatic carbocycles. The minimum atomic E-state index is -2.49. The fourth-order valence-corrected chi connectivity index (χ4v) is 1.63. The van der Waals surface area contributed by atoms with Gasteiger partial charge in [-0.15, -0.1) is 0 Å². The van der Waals surface area contributed by atoms with Crippen LogP contribution < -0.4 is 5.32 Å². The molecule has 0 unspecified atom stereocenters. The quantitative estimate of drug-likeness (QED) is 0.738. The van der Waals surface area contributed by atoms with Crippen LogP contribution in [-0.4, -0.2) is 8.42 Å². The molecule has 0 saturated heterocycles. The molecule has 15 heavy (non-hydrogen) atoms. The Hall–Kier alpha value is -1.33. The van der Waals surface area contributed by atoms with Crippen molar-refractivity contribution in [3.05, 3.63) is 58.4 Å². The van der Waals surface area contributed by atoms with Crippen LogP contribution in [0.2, 0.25) is 0 Å². The molecular formula is C10H11NO2S2. The summed E-state index contributed by atoms with van der Waals surface area (Å²) < 4.78 is 20.7. The van der Waals surface area contributed by atoms with Gasteiger partial charge in [0.1, 0.15) is 5.03 Å². The predicted octanol–water partition coefficient (Wildman–Crippen LogP) is 1.86. The van der Waals surface area contributed by atoms with Crippen LogP contribution in [0.1, 0.15) is 0 Å². The van der Waals surface area contributed by atoms with Crippen LogP contribution >= 0.6 is 11.3 Å². The van der Waals surface area contributed by atoms with Gasteiger partial charge < -0.3 is 5.32 Å². The molecular weight excluding hydrogens is 230 g/mol. The van der Waals surface area contributed by atoms with Crippen molar-refractivity contribution < 1.29 is 8.42 Å². The molecule has 1 N–H and O–H groups in total. The van der Waals surface area contributed by atoms with Crippen molar-refractivity contribution >= 4 is 22.0 Å². The Morgan fingerprint density at radius 3 is 2.33 bits per heavy atom. The number of thiol groups is 1. The molecule has 1 aromatic rings. The van der Waals surface area contributed by atoms with Crippen molar-refractivity contribution in [2.24, 2.45) is 0 Å². The smallest absolute Gasteiger partial charge is 0.183 e. The molecule has 2 heterocycles. The minimum Gasteiger partial charge on any atom is -0.353 e. The van der Waals surface area contributed by atoms with Crippen molar-refractivity contribution in [1.29, 1.82) is 0 Å². The van der Waals surface area contributed by atoms with Gasteiger partial charge in [-0.2, -0.15) is 11.3 Å². The summed E-state index contributed by atoms with van der Waals surface area (Å²) in [7, 11) is -2.49. The molecule has 0 saturated carbocycles. The molecule has 1 aliphatic rings. The molecule has 5 heteroatoms. The Kier molecular flexibility index (Phi) is 5.50. The predicted molar refractivity (Wildman–Crippen MR) is 64.1 cm³/mol. The van der Waals surface area contributed by atoms with Gasteiger partial charge in [0.15, 0.2) is 10.7 Å². The Bertz CT molecular complexity index is 403. The summed E-state index contributed by atoms with van der Waals surface area (Å²) in [4.78, 5) is 0. The standard InChI is InChI=1S/C6H7NO2S.C4H4S/c8-10(9)6-4-2-1-3-5-7-6;1-2-4-5-3-1/h1-5,7,10H;1-4H. The van der Waals surface area contributed by atoms with Crippen molar-refractivity contribution in [3.63, 3.8) is 0 Å². The van der Waals surface area contributed by atoms with Crippen LogP contribution in [0, 0.1) is 0 Å². The highest BCUT2D eigenvalue weighted by atomic mass is 32.2. The number of rotatable bonds is 1. The number of nitrogens with one attached hydrogen (secondary N) is 1. The zero-order chi connectivity index (χ0) is 10.9. The average Bonchev–Trinajstić information content (AvgIpc) is 2.67. The zero-order valence-electron chi connectivity index (χ0n) is 7.87. The maximum atomic E-state index is 10.3. The number of hydrogen-bond acceptors (Lipinski definition) is 4. The van der Waals surface area contributed by atoms with Crippen molar-refractivity contribution in [2.75, 3.05) is 0 Å². The second-order valence-corrected chi connectivity index (χ2v) is 4.30. The van der Waals surface area contributed by atoms with Crippen molar-refractivity contribution in [1.82, 2.24) is 5.32 Å². The summed E-state index contributed by atoms with van der Waals surface area (Å²) in [6.07, 6.45) is 8.21. The minimum absolute atomic E-state index is 0.222. The van der Waals surface area contributed by atoms with Crippen LogP contribution in [0.3, 0.4) is 0 Å². The van der Waals surface area contributed by atoms with Gasteiger partial charge in [0.2, 0.25) is 0 Å². The lowest BCUT2D eigenvalue weighted by atomic mass is 10.5. The highest BCUT2D eigenvalue weighted by Gasteiger charge is 1.94. The first-order valence-electron chi connectivity index (χ1n) is 4.22. The summed E-state index contributed by atoms with van der Waals surface area (Å²) in [6, 6.07) is 4.04. The SMILES string of the molecule is O=[SH](=O)C1=CC=CC=CN1.c1ccsc1. The van der Waals surface area contributed by atoms with Gasteiger partial charge in [0.25, 0.3) is 0 Å². The van der Waals surface area contributed by atoms with E-state index in [0.29, 0.717) is 0 Å². The second-order valence-electron chi connectivity index (χ2n) is 2.49. The fourth-order valence-electron chi connectivity index (χ4n) is 0.788. The van der Waals surface area contributed by atoms with E-state index in [4.69, 9.17) is 0 Å². The van der Waals surface area contributed by atoms with E-state index in [0.717, 1.165) is 0 Å². The van der Waals surface area contributed by atoms with Crippen LogP contribution in [0.25, 0.3) is 0 Å². The van der Waals surface area contributed by atoms with E-state index in [-0.39, 0.29) is 5.03 Å². The molecule has 0 radical (unpaired) electrons. The van der Waals surface area contributed by atoms with Gasteiger partial charge in [-0.25, -0.2) is 8.42 Å². The third-order valence-corrected chi connectivity index (χ3v) is 2.73. The lowest BCUT2D eigenvalue weighted by Crippen LogP contribution is -2.04. The fraction of sp³-hybridized carbons (Fsp3) is 0. The molecule has 3 nitrogen and oxygen atoms in total. The summed E-state index contributed by atoms with van der Waals surface area (Å²) >= 11 is 1.71. The van der Waals surface area contributed by atoms with E-state index in [9.17, 15) is 8.42 Å². The molecule has 1 aromatic heterocycles. The van der Waals surface area contributed by atoms with Gasteiger partial charge in [0, 0.05) is 6.20 Å². The molecule has 0 atom stereocenters. The first-order valence-corrected chi connectivity index (χ1v) is 6.34. The van der Waals surface area contributed by atoms with Gasteiger partial charge >= 0.3 is 0 Å². The molecule has 1 aliphatic heterocycles. The molecule has 0 fully saturated rings. The maximum absolute atomic E-state index is 10.3. The topological polar surface area (TPSA) is 46.2 Å². The summed E-state index contributed by atoms with van der Waals surface area (Å²) in [6.45, 7) is 0. The molecule has 2 rings (SSSR count). The van der Waals surface area contributed by atoms with Crippen LogP contribution in [0.15, 0.2) is 58.4 Å². The number of allylic oxidation sites excluding steroid dienone is 4. The lowest BCUT2D eigenvalue weighted by Gasteiger charge is -1.92. The van der Waals surface area contributed by atoms with Crippen molar-refractivity contribution in [3.8, 4) is 0 Å². The highest BCUT2D eigenvalue weighted by molar-refractivity contribution is 7.76. The highest BCUT2D eigenvalue weighted by Crippen LogP contribution is 1.94. The van der Waals surface area contributed by atoms with E-state index in [1.54, 1.807) is 35.8 Å². The molecule has 0 spiro atoms. The Morgan fingerprint density at radius 2 is 1.80 bits per heavy atom. The Morgan fingerprint density at radius 1 is 1.07 bits per heavy atom. The van der Waals surface area contributed by atoms with Crippen LogP contribution in [0.4, 0.5) is 0 Å². The third-order valence-electron chi connectivity index (χ3n) is 1.43. The summed E-state index contributed by atoms with van der Waals surface area (Å²) in [5.41, 5.74) is 0. The lowest BCUT2D eigenvalue weighted by molar-refractivity contribution is 0.617. The monoisotopic (exact) mass is 241 g/mol. The van der Waals surface area contributed by atoms with Crippen molar-refractivity contribution in [2.45, 2.75) is 0 Å². The zero-order valence-corrected chi connectivity index (χ0v) is 9.58. The molecule has 0 aliphatic carbocycles. The number of hydrogen-bond donors (Lipinski definition) is 2. The van der Waals surface area contributed by atoms with Gasteiger partial charge in [-0.05, 0) is 22.9 Å². The second kappa shape index (κ2) is 7.03. The maximum Gasteiger partial charge on any atom is 0.183 e. The summed E-state index contributed by atoms with van der Waals surface area (Å²) in [5.74, 6) is 0. The Labute approximate surface area is 94.4 Å². The van der Waals surface area contributed by atoms with E-state index in [1.165, 1.54) is 6.08 Å². The van der Waals surface area contributed by atoms with E-state index in [1.807, 2.05) is 22.9 Å².